The number of carboxylic acids is 1. The molecule has 0 spiro atoms. The summed E-state index contributed by atoms with van der Waals surface area (Å²) in [6.07, 6.45) is 0. The zero-order valence-electron chi connectivity index (χ0n) is 9.55. The van der Waals surface area contributed by atoms with E-state index in [-0.39, 0.29) is 0 Å². The SMILES string of the molecule is O=C(O)c1c(F)c(F)c(-c2cccc(F)c2)c(F)c1F. The molecule has 0 saturated heterocycles. The molecule has 0 fully saturated rings. The van der Waals surface area contributed by atoms with Gasteiger partial charge in [-0.1, -0.05) is 12.1 Å². The van der Waals surface area contributed by atoms with Gasteiger partial charge in [-0.15, -0.1) is 0 Å². The topological polar surface area (TPSA) is 37.3 Å². The minimum Gasteiger partial charge on any atom is -0.477 e. The first-order chi connectivity index (χ1) is 9.34. The molecular formula is C13H5F5O2. The lowest BCUT2D eigenvalue weighted by molar-refractivity contribution is 0.0683. The fourth-order valence-electron chi connectivity index (χ4n) is 1.72. The quantitative estimate of drug-likeness (QED) is 0.675. The van der Waals surface area contributed by atoms with E-state index in [9.17, 15) is 26.7 Å². The highest BCUT2D eigenvalue weighted by atomic mass is 19.2. The van der Waals surface area contributed by atoms with Gasteiger partial charge >= 0.3 is 5.97 Å². The average Bonchev–Trinajstić information content (AvgIpc) is 2.37. The molecule has 104 valence electrons. The Hall–Kier alpha value is -2.44. The van der Waals surface area contributed by atoms with Gasteiger partial charge in [0.25, 0.3) is 0 Å². The summed E-state index contributed by atoms with van der Waals surface area (Å²) in [7, 11) is 0. The van der Waals surface area contributed by atoms with E-state index in [1.54, 1.807) is 0 Å². The molecule has 1 N–H and O–H groups in total. The van der Waals surface area contributed by atoms with Crippen molar-refractivity contribution in [3.8, 4) is 11.1 Å². The molecule has 7 heteroatoms. The van der Waals surface area contributed by atoms with Crippen molar-refractivity contribution >= 4 is 5.97 Å². The summed E-state index contributed by atoms with van der Waals surface area (Å²) in [5.41, 5.74) is -3.35. The summed E-state index contributed by atoms with van der Waals surface area (Å²) in [5, 5.41) is 8.53. The first-order valence-electron chi connectivity index (χ1n) is 5.19. The van der Waals surface area contributed by atoms with E-state index in [2.05, 4.69) is 0 Å². The minimum absolute atomic E-state index is 0.449. The Labute approximate surface area is 109 Å². The Morgan fingerprint density at radius 3 is 1.90 bits per heavy atom. The fourth-order valence-corrected chi connectivity index (χ4v) is 1.72. The van der Waals surface area contributed by atoms with Gasteiger partial charge in [0.15, 0.2) is 23.3 Å². The van der Waals surface area contributed by atoms with Gasteiger partial charge < -0.3 is 5.11 Å². The highest BCUT2D eigenvalue weighted by molar-refractivity contribution is 5.89. The van der Waals surface area contributed by atoms with Gasteiger partial charge in [0.05, 0.1) is 5.56 Å². The summed E-state index contributed by atoms with van der Waals surface area (Å²) in [5.74, 6) is -10.9. The third-order valence-electron chi connectivity index (χ3n) is 2.59. The van der Waals surface area contributed by atoms with Gasteiger partial charge in [-0.2, -0.15) is 0 Å². The van der Waals surface area contributed by atoms with Crippen molar-refractivity contribution in [1.82, 2.24) is 0 Å². The normalized spacial score (nSPS) is 10.7. The van der Waals surface area contributed by atoms with Crippen LogP contribution in [0.25, 0.3) is 11.1 Å². The molecule has 2 rings (SSSR count). The Morgan fingerprint density at radius 1 is 0.900 bits per heavy atom. The average molecular weight is 288 g/mol. The molecule has 0 aliphatic carbocycles. The van der Waals surface area contributed by atoms with Crippen LogP contribution in [0.3, 0.4) is 0 Å². The van der Waals surface area contributed by atoms with Crippen molar-refractivity contribution < 1.29 is 31.9 Å². The molecule has 0 saturated carbocycles. The number of hydrogen-bond acceptors (Lipinski definition) is 1. The van der Waals surface area contributed by atoms with Crippen molar-refractivity contribution in [3.05, 3.63) is 58.9 Å². The van der Waals surface area contributed by atoms with Crippen LogP contribution in [-0.2, 0) is 0 Å². The van der Waals surface area contributed by atoms with E-state index < -0.39 is 51.7 Å². The number of aromatic carboxylic acids is 1. The van der Waals surface area contributed by atoms with Gasteiger partial charge in [-0.25, -0.2) is 26.7 Å². The lowest BCUT2D eigenvalue weighted by Gasteiger charge is -2.10. The maximum Gasteiger partial charge on any atom is 0.341 e. The monoisotopic (exact) mass is 288 g/mol. The number of benzene rings is 2. The smallest absolute Gasteiger partial charge is 0.341 e. The number of hydrogen-bond donors (Lipinski definition) is 1. The van der Waals surface area contributed by atoms with Crippen molar-refractivity contribution in [2.24, 2.45) is 0 Å². The van der Waals surface area contributed by atoms with Crippen LogP contribution >= 0.6 is 0 Å². The Balaban J connectivity index is 2.83. The molecule has 2 aromatic rings. The van der Waals surface area contributed by atoms with Crippen LogP contribution in [0.15, 0.2) is 24.3 Å². The van der Waals surface area contributed by atoms with Crippen LogP contribution < -0.4 is 0 Å². The van der Waals surface area contributed by atoms with Crippen LogP contribution in [0.4, 0.5) is 22.0 Å². The summed E-state index contributed by atoms with van der Waals surface area (Å²) in [6.45, 7) is 0. The largest absolute Gasteiger partial charge is 0.477 e. The first kappa shape index (κ1) is 14.0. The molecule has 2 nitrogen and oxygen atoms in total. The standard InChI is InChI=1S/C13H5F5O2/c14-6-3-1-2-5(4-6)7-9(15)11(17)8(13(19)20)12(18)10(7)16/h1-4H,(H,19,20). The molecule has 0 aliphatic heterocycles. The predicted molar refractivity (Wildman–Crippen MR) is 58.6 cm³/mol. The number of rotatable bonds is 2. The number of carbonyl (C=O) groups is 1. The molecule has 2 aromatic carbocycles. The van der Waals surface area contributed by atoms with Gasteiger partial charge in [-0.05, 0) is 17.7 Å². The highest BCUT2D eigenvalue weighted by Crippen LogP contribution is 2.32. The van der Waals surface area contributed by atoms with E-state index in [1.807, 2.05) is 0 Å². The van der Waals surface area contributed by atoms with Crippen LogP contribution in [0.1, 0.15) is 10.4 Å². The van der Waals surface area contributed by atoms with Gasteiger partial charge in [0.2, 0.25) is 0 Å². The summed E-state index contributed by atoms with van der Waals surface area (Å²) in [6, 6.07) is 3.76. The molecule has 0 heterocycles. The zero-order chi connectivity index (χ0) is 15.0. The van der Waals surface area contributed by atoms with Crippen molar-refractivity contribution in [3.63, 3.8) is 0 Å². The fraction of sp³-hybridized carbons (Fsp3) is 0. The molecule has 0 aliphatic rings. The Morgan fingerprint density at radius 2 is 1.45 bits per heavy atom. The lowest BCUT2D eigenvalue weighted by Crippen LogP contribution is -2.11. The van der Waals surface area contributed by atoms with Crippen LogP contribution in [0.5, 0.6) is 0 Å². The van der Waals surface area contributed by atoms with E-state index >= 15 is 0 Å². The summed E-state index contributed by atoms with van der Waals surface area (Å²) >= 11 is 0. The number of halogens is 5. The lowest BCUT2D eigenvalue weighted by atomic mass is 10.0. The third kappa shape index (κ3) is 2.11. The molecular weight excluding hydrogens is 283 g/mol. The minimum atomic E-state index is -2.15. The summed E-state index contributed by atoms with van der Waals surface area (Å²) in [4.78, 5) is 10.6. The maximum absolute atomic E-state index is 13.7. The van der Waals surface area contributed by atoms with E-state index in [1.165, 1.54) is 0 Å². The Kier molecular flexibility index (Phi) is 3.44. The van der Waals surface area contributed by atoms with E-state index in [4.69, 9.17) is 5.11 Å². The molecule has 0 unspecified atom stereocenters. The van der Waals surface area contributed by atoms with Gasteiger partial charge in [-0.3, -0.25) is 0 Å². The van der Waals surface area contributed by atoms with E-state index in [0.717, 1.165) is 18.2 Å². The zero-order valence-corrected chi connectivity index (χ0v) is 9.55. The summed E-state index contributed by atoms with van der Waals surface area (Å²) < 4.78 is 67.4. The maximum atomic E-state index is 13.7. The first-order valence-corrected chi connectivity index (χ1v) is 5.19. The second-order valence-electron chi connectivity index (χ2n) is 3.82. The van der Waals surface area contributed by atoms with Crippen molar-refractivity contribution in [2.75, 3.05) is 0 Å². The molecule has 0 amide bonds. The van der Waals surface area contributed by atoms with Crippen molar-refractivity contribution in [2.45, 2.75) is 0 Å². The molecule has 20 heavy (non-hydrogen) atoms. The second-order valence-corrected chi connectivity index (χ2v) is 3.82. The molecule has 0 bridgehead atoms. The predicted octanol–water partition coefficient (Wildman–Crippen LogP) is 3.75. The Bertz CT molecular complexity index is 683. The van der Waals surface area contributed by atoms with Crippen LogP contribution in [0, 0.1) is 29.1 Å². The van der Waals surface area contributed by atoms with Gasteiger partial charge in [0, 0.05) is 0 Å². The van der Waals surface area contributed by atoms with Crippen LogP contribution in [-0.4, -0.2) is 11.1 Å². The van der Waals surface area contributed by atoms with Crippen molar-refractivity contribution in [1.29, 1.82) is 0 Å². The number of carboxylic acid groups (broad SMARTS) is 1. The second kappa shape index (κ2) is 4.92. The molecule has 0 radical (unpaired) electrons. The van der Waals surface area contributed by atoms with E-state index in [0.29, 0.717) is 6.07 Å². The molecule has 0 aromatic heterocycles. The highest BCUT2D eigenvalue weighted by Gasteiger charge is 2.29. The van der Waals surface area contributed by atoms with Gasteiger partial charge in [0.1, 0.15) is 11.4 Å². The third-order valence-corrected chi connectivity index (χ3v) is 2.59. The van der Waals surface area contributed by atoms with Crippen LogP contribution in [0.2, 0.25) is 0 Å². The molecule has 0 atom stereocenters.